The lowest BCUT2D eigenvalue weighted by Crippen LogP contribution is -2.41. The minimum Gasteiger partial charge on any atom is -0.497 e. The summed E-state index contributed by atoms with van der Waals surface area (Å²) in [6.45, 7) is -0.336. The standard InChI is InChI=1S/C13H17NO6/c1-19-8-3-4-9(11(7-8)20-2)12(16)14-10(5-6-15)13(17)18/h3-4,7,10,15H,5-6H2,1-2H3,(H,14,16)(H,17,18)/t10-/m1/s1. The van der Waals surface area contributed by atoms with E-state index in [9.17, 15) is 9.59 Å². The molecule has 1 aromatic rings. The van der Waals surface area contributed by atoms with Crippen LogP contribution in [0.25, 0.3) is 0 Å². The molecule has 1 aromatic carbocycles. The Hall–Kier alpha value is -2.28. The van der Waals surface area contributed by atoms with Crippen LogP contribution in [-0.2, 0) is 4.79 Å². The van der Waals surface area contributed by atoms with Crippen molar-refractivity contribution in [2.75, 3.05) is 20.8 Å². The molecule has 1 atom stereocenters. The number of rotatable bonds is 7. The number of aliphatic hydroxyl groups excluding tert-OH is 1. The van der Waals surface area contributed by atoms with Crippen LogP contribution in [0.1, 0.15) is 16.8 Å². The molecule has 20 heavy (non-hydrogen) atoms. The Bertz CT molecular complexity index is 488. The molecule has 0 heterocycles. The van der Waals surface area contributed by atoms with Crippen molar-refractivity contribution in [3.05, 3.63) is 23.8 Å². The van der Waals surface area contributed by atoms with Crippen LogP contribution < -0.4 is 14.8 Å². The van der Waals surface area contributed by atoms with Gasteiger partial charge in [-0.15, -0.1) is 0 Å². The molecule has 7 nitrogen and oxygen atoms in total. The molecule has 1 amide bonds. The van der Waals surface area contributed by atoms with Crippen LogP contribution in [0.2, 0.25) is 0 Å². The maximum absolute atomic E-state index is 12.0. The summed E-state index contributed by atoms with van der Waals surface area (Å²) in [4.78, 5) is 23.0. The maximum atomic E-state index is 12.0. The monoisotopic (exact) mass is 283 g/mol. The molecule has 110 valence electrons. The molecule has 7 heteroatoms. The smallest absolute Gasteiger partial charge is 0.326 e. The van der Waals surface area contributed by atoms with Crippen LogP contribution in [0.5, 0.6) is 11.5 Å². The topological polar surface area (TPSA) is 105 Å². The van der Waals surface area contributed by atoms with Gasteiger partial charge in [-0.3, -0.25) is 4.79 Å². The Kier molecular flexibility index (Phi) is 5.79. The van der Waals surface area contributed by atoms with Crippen molar-refractivity contribution in [2.45, 2.75) is 12.5 Å². The van der Waals surface area contributed by atoms with E-state index >= 15 is 0 Å². The fourth-order valence-electron chi connectivity index (χ4n) is 1.61. The third-order valence-electron chi connectivity index (χ3n) is 2.67. The van der Waals surface area contributed by atoms with Gasteiger partial charge in [0.1, 0.15) is 17.5 Å². The van der Waals surface area contributed by atoms with Crippen LogP contribution in [0, 0.1) is 0 Å². The van der Waals surface area contributed by atoms with Crippen molar-refractivity contribution < 1.29 is 29.3 Å². The molecule has 0 aliphatic heterocycles. The number of carbonyl (C=O) groups is 2. The third-order valence-corrected chi connectivity index (χ3v) is 2.67. The number of methoxy groups -OCH3 is 2. The van der Waals surface area contributed by atoms with E-state index in [2.05, 4.69) is 5.32 Å². The molecule has 0 saturated heterocycles. The van der Waals surface area contributed by atoms with Crippen molar-refractivity contribution in [1.82, 2.24) is 5.32 Å². The van der Waals surface area contributed by atoms with E-state index in [0.29, 0.717) is 5.75 Å². The van der Waals surface area contributed by atoms with Gasteiger partial charge < -0.3 is 25.0 Å². The number of amides is 1. The van der Waals surface area contributed by atoms with Crippen LogP contribution in [0.3, 0.4) is 0 Å². The first-order valence-corrected chi connectivity index (χ1v) is 5.90. The second kappa shape index (κ2) is 7.34. The van der Waals surface area contributed by atoms with E-state index in [4.69, 9.17) is 19.7 Å². The highest BCUT2D eigenvalue weighted by Crippen LogP contribution is 2.24. The SMILES string of the molecule is COc1ccc(C(=O)N[C@H](CCO)C(=O)O)c(OC)c1. The number of aliphatic carboxylic acids is 1. The van der Waals surface area contributed by atoms with Gasteiger partial charge in [0, 0.05) is 19.1 Å². The van der Waals surface area contributed by atoms with Crippen molar-refractivity contribution in [3.63, 3.8) is 0 Å². The highest BCUT2D eigenvalue weighted by molar-refractivity contribution is 5.99. The fraction of sp³-hybridized carbons (Fsp3) is 0.385. The van der Waals surface area contributed by atoms with Gasteiger partial charge in [-0.1, -0.05) is 0 Å². The van der Waals surface area contributed by atoms with Crippen molar-refractivity contribution in [3.8, 4) is 11.5 Å². The highest BCUT2D eigenvalue weighted by Gasteiger charge is 2.22. The second-order valence-electron chi connectivity index (χ2n) is 3.94. The number of carbonyl (C=O) groups excluding carboxylic acids is 1. The molecule has 1 rings (SSSR count). The number of hydrogen-bond donors (Lipinski definition) is 3. The molecule has 0 bridgehead atoms. The summed E-state index contributed by atoms with van der Waals surface area (Å²) in [7, 11) is 2.88. The largest absolute Gasteiger partial charge is 0.497 e. The summed E-state index contributed by atoms with van der Waals surface area (Å²) in [5.41, 5.74) is 0.192. The van der Waals surface area contributed by atoms with E-state index < -0.39 is 17.9 Å². The minimum absolute atomic E-state index is 0.0699. The van der Waals surface area contributed by atoms with Crippen molar-refractivity contribution >= 4 is 11.9 Å². The summed E-state index contributed by atoms with van der Waals surface area (Å²) in [5.74, 6) is -1.01. The van der Waals surface area contributed by atoms with Gasteiger partial charge in [0.15, 0.2) is 0 Å². The number of aliphatic hydroxyl groups is 1. The number of benzene rings is 1. The summed E-state index contributed by atoms with van der Waals surface area (Å²) in [5, 5.41) is 20.0. The molecule has 0 aliphatic rings. The number of hydrogen-bond acceptors (Lipinski definition) is 5. The first kappa shape index (κ1) is 15.8. The predicted octanol–water partition coefficient (Wildman–Crippen LogP) is 0.269. The quantitative estimate of drug-likeness (QED) is 0.663. The van der Waals surface area contributed by atoms with Gasteiger partial charge in [0.2, 0.25) is 0 Å². The average molecular weight is 283 g/mol. The second-order valence-corrected chi connectivity index (χ2v) is 3.94. The molecule has 0 radical (unpaired) electrons. The van der Waals surface area contributed by atoms with Crippen molar-refractivity contribution in [1.29, 1.82) is 0 Å². The predicted molar refractivity (Wildman–Crippen MR) is 70.1 cm³/mol. The first-order chi connectivity index (χ1) is 9.53. The van der Waals surface area contributed by atoms with E-state index in [1.807, 2.05) is 0 Å². The Morgan fingerprint density at radius 1 is 1.30 bits per heavy atom. The van der Waals surface area contributed by atoms with Gasteiger partial charge >= 0.3 is 5.97 Å². The number of ether oxygens (including phenoxy) is 2. The normalized spacial score (nSPS) is 11.6. The van der Waals surface area contributed by atoms with Crippen LogP contribution in [0.4, 0.5) is 0 Å². The van der Waals surface area contributed by atoms with E-state index in [-0.39, 0.29) is 24.3 Å². The molecule has 0 saturated carbocycles. The highest BCUT2D eigenvalue weighted by atomic mass is 16.5. The molecular weight excluding hydrogens is 266 g/mol. The summed E-state index contributed by atoms with van der Waals surface area (Å²) in [6.07, 6.45) is -0.0699. The Morgan fingerprint density at radius 3 is 2.50 bits per heavy atom. The zero-order valence-corrected chi connectivity index (χ0v) is 11.3. The van der Waals surface area contributed by atoms with E-state index in [1.165, 1.54) is 26.4 Å². The minimum atomic E-state index is -1.21. The zero-order chi connectivity index (χ0) is 15.1. The lowest BCUT2D eigenvalue weighted by atomic mass is 10.1. The molecule has 0 fully saturated rings. The zero-order valence-electron chi connectivity index (χ0n) is 11.3. The summed E-state index contributed by atoms with van der Waals surface area (Å²) in [6, 6.07) is 3.42. The fourth-order valence-corrected chi connectivity index (χ4v) is 1.61. The number of nitrogens with one attached hydrogen (secondary N) is 1. The molecule has 0 aromatic heterocycles. The van der Waals surface area contributed by atoms with Crippen LogP contribution >= 0.6 is 0 Å². The lowest BCUT2D eigenvalue weighted by molar-refractivity contribution is -0.139. The molecule has 0 spiro atoms. The van der Waals surface area contributed by atoms with E-state index in [1.54, 1.807) is 6.07 Å². The Balaban J connectivity index is 2.93. The Morgan fingerprint density at radius 2 is 2.00 bits per heavy atom. The first-order valence-electron chi connectivity index (χ1n) is 5.90. The van der Waals surface area contributed by atoms with Gasteiger partial charge in [-0.25, -0.2) is 4.79 Å². The lowest BCUT2D eigenvalue weighted by Gasteiger charge is -2.15. The van der Waals surface area contributed by atoms with Gasteiger partial charge in [-0.2, -0.15) is 0 Å². The van der Waals surface area contributed by atoms with Gasteiger partial charge in [0.05, 0.1) is 19.8 Å². The van der Waals surface area contributed by atoms with Gasteiger partial charge in [-0.05, 0) is 12.1 Å². The average Bonchev–Trinajstić information content (AvgIpc) is 2.45. The maximum Gasteiger partial charge on any atom is 0.326 e. The molecule has 0 unspecified atom stereocenters. The summed E-state index contributed by atoms with van der Waals surface area (Å²) < 4.78 is 10.1. The molecule has 3 N–H and O–H groups in total. The van der Waals surface area contributed by atoms with Gasteiger partial charge in [0.25, 0.3) is 5.91 Å². The summed E-state index contributed by atoms with van der Waals surface area (Å²) >= 11 is 0. The third kappa shape index (κ3) is 3.86. The van der Waals surface area contributed by atoms with Crippen LogP contribution in [-0.4, -0.2) is 49.0 Å². The number of carboxylic acid groups (broad SMARTS) is 1. The van der Waals surface area contributed by atoms with Crippen molar-refractivity contribution in [2.24, 2.45) is 0 Å². The molecule has 0 aliphatic carbocycles. The van der Waals surface area contributed by atoms with Crippen LogP contribution in [0.15, 0.2) is 18.2 Å². The van der Waals surface area contributed by atoms with E-state index in [0.717, 1.165) is 0 Å². The molecular formula is C13H17NO6. The number of carboxylic acids is 1. The Labute approximate surface area is 116 Å².